The molecule has 0 aromatic heterocycles. The number of likely N-dealkylation sites (tertiary alicyclic amines) is 1. The first-order chi connectivity index (χ1) is 20.5. The zero-order valence-corrected chi connectivity index (χ0v) is 25.9. The van der Waals surface area contributed by atoms with Crippen molar-refractivity contribution in [3.63, 3.8) is 0 Å². The lowest BCUT2D eigenvalue weighted by Crippen LogP contribution is -2.44. The lowest BCUT2D eigenvalue weighted by Gasteiger charge is -2.25. The van der Waals surface area contributed by atoms with Gasteiger partial charge >= 0.3 is 6.09 Å². The van der Waals surface area contributed by atoms with Crippen LogP contribution < -0.4 is 15.0 Å². The highest BCUT2D eigenvalue weighted by atomic mass is 35.5. The summed E-state index contributed by atoms with van der Waals surface area (Å²) < 4.78 is 11.2. The smallest absolute Gasteiger partial charge is 0.407 e. The Labute approximate surface area is 262 Å². The minimum absolute atomic E-state index is 0.166. The van der Waals surface area contributed by atoms with E-state index in [0.29, 0.717) is 41.0 Å². The molecule has 3 aromatic rings. The quantitative estimate of drug-likeness (QED) is 0.267. The normalized spacial score (nSPS) is 14.9. The SMILES string of the molecule is CC(C)(C)OC(=O)N[C@H]1CCN(C(=O)CN(C(=O)/C=C/c2ccccc2)c2ccc(OCc3ccc(Cl)c(Cl)c3)cc2)C1. The van der Waals surface area contributed by atoms with E-state index in [1.54, 1.807) is 68.1 Å². The molecule has 1 aliphatic heterocycles. The van der Waals surface area contributed by atoms with Gasteiger partial charge < -0.3 is 19.7 Å². The molecule has 0 bridgehead atoms. The van der Waals surface area contributed by atoms with Crippen LogP contribution in [0.2, 0.25) is 10.0 Å². The highest BCUT2D eigenvalue weighted by molar-refractivity contribution is 6.42. The maximum absolute atomic E-state index is 13.4. The lowest BCUT2D eigenvalue weighted by molar-refractivity contribution is -0.130. The van der Waals surface area contributed by atoms with Crippen molar-refractivity contribution in [2.24, 2.45) is 0 Å². The number of amides is 3. The van der Waals surface area contributed by atoms with E-state index < -0.39 is 11.7 Å². The summed E-state index contributed by atoms with van der Waals surface area (Å²) in [5, 5.41) is 3.75. The third-order valence-electron chi connectivity index (χ3n) is 6.58. The number of carbonyl (C=O) groups excluding carboxylic acids is 3. The van der Waals surface area contributed by atoms with E-state index in [4.69, 9.17) is 32.7 Å². The van der Waals surface area contributed by atoms with E-state index in [0.717, 1.165) is 11.1 Å². The second-order valence-electron chi connectivity index (χ2n) is 11.2. The van der Waals surface area contributed by atoms with Gasteiger partial charge in [0.1, 0.15) is 24.5 Å². The van der Waals surface area contributed by atoms with Crippen molar-refractivity contribution in [1.29, 1.82) is 0 Å². The van der Waals surface area contributed by atoms with Gasteiger partial charge in [-0.3, -0.25) is 14.5 Å². The zero-order chi connectivity index (χ0) is 31.0. The molecule has 1 saturated heterocycles. The largest absolute Gasteiger partial charge is 0.489 e. The van der Waals surface area contributed by atoms with E-state index in [2.05, 4.69) is 5.32 Å². The Morgan fingerprint density at radius 1 is 1.00 bits per heavy atom. The molecular weight excluding hydrogens is 589 g/mol. The van der Waals surface area contributed by atoms with Gasteiger partial charge in [-0.25, -0.2) is 4.79 Å². The Hall–Kier alpha value is -4.01. The molecule has 0 saturated carbocycles. The van der Waals surface area contributed by atoms with Crippen molar-refractivity contribution >= 4 is 52.9 Å². The number of rotatable bonds is 9. The lowest BCUT2D eigenvalue weighted by atomic mass is 10.2. The van der Waals surface area contributed by atoms with Crippen molar-refractivity contribution in [3.05, 3.63) is 100 Å². The van der Waals surface area contributed by atoms with E-state index in [-0.39, 0.29) is 31.0 Å². The fraction of sp³-hybridized carbons (Fsp3) is 0.303. The number of halogens is 2. The molecule has 0 aliphatic carbocycles. The van der Waals surface area contributed by atoms with Gasteiger partial charge in [0.05, 0.1) is 16.1 Å². The van der Waals surface area contributed by atoms with Gasteiger partial charge in [-0.15, -0.1) is 0 Å². The standard InChI is InChI=1S/C33H35Cl2N3O5/c1-33(2,3)43-32(41)36-25-17-18-37(20-25)31(40)21-38(30(39)16-10-23-7-5-4-6-8-23)26-11-13-27(14-12-26)42-22-24-9-15-28(34)29(35)19-24/h4-16,19,25H,17-18,20-22H2,1-3H3,(H,36,41)/b16-10+/t25-/m0/s1. The highest BCUT2D eigenvalue weighted by Gasteiger charge is 2.30. The molecule has 0 unspecified atom stereocenters. The number of hydrogen-bond donors (Lipinski definition) is 1. The molecule has 1 atom stereocenters. The number of nitrogens with zero attached hydrogens (tertiary/aromatic N) is 2. The molecule has 3 aromatic carbocycles. The first-order valence-corrected chi connectivity index (χ1v) is 14.7. The summed E-state index contributed by atoms with van der Waals surface area (Å²) in [6.45, 7) is 6.30. The van der Waals surface area contributed by atoms with E-state index in [9.17, 15) is 14.4 Å². The molecule has 1 heterocycles. The van der Waals surface area contributed by atoms with Crippen molar-refractivity contribution in [1.82, 2.24) is 10.2 Å². The second-order valence-corrected chi connectivity index (χ2v) is 12.0. The van der Waals surface area contributed by atoms with E-state index in [1.165, 1.54) is 11.0 Å². The Balaban J connectivity index is 1.44. The minimum Gasteiger partial charge on any atom is -0.489 e. The summed E-state index contributed by atoms with van der Waals surface area (Å²) in [7, 11) is 0. The highest BCUT2D eigenvalue weighted by Crippen LogP contribution is 2.25. The third kappa shape index (κ3) is 9.76. The summed E-state index contributed by atoms with van der Waals surface area (Å²) >= 11 is 12.1. The van der Waals surface area contributed by atoms with Gasteiger partial charge in [-0.2, -0.15) is 0 Å². The predicted octanol–water partition coefficient (Wildman–Crippen LogP) is 6.74. The maximum Gasteiger partial charge on any atom is 0.407 e. The molecule has 43 heavy (non-hydrogen) atoms. The summed E-state index contributed by atoms with van der Waals surface area (Å²) in [5.74, 6) is 0.0168. The Morgan fingerprint density at radius 3 is 2.40 bits per heavy atom. The summed E-state index contributed by atoms with van der Waals surface area (Å²) in [4.78, 5) is 42.0. The number of ether oxygens (including phenoxy) is 2. The molecule has 226 valence electrons. The second kappa shape index (κ2) is 14.4. The van der Waals surface area contributed by atoms with Crippen molar-refractivity contribution in [2.45, 2.75) is 45.4 Å². The fourth-order valence-corrected chi connectivity index (χ4v) is 4.77. The van der Waals surface area contributed by atoms with Crippen LogP contribution in [0.3, 0.4) is 0 Å². The summed E-state index contributed by atoms with van der Waals surface area (Å²) in [5.41, 5.74) is 1.65. The number of alkyl carbamates (subject to hydrolysis) is 1. The van der Waals surface area contributed by atoms with Gasteiger partial charge in [-0.1, -0.05) is 59.6 Å². The van der Waals surface area contributed by atoms with E-state index in [1.807, 2.05) is 36.4 Å². The van der Waals surface area contributed by atoms with Crippen LogP contribution in [0.25, 0.3) is 6.08 Å². The molecule has 1 aliphatic rings. The van der Waals surface area contributed by atoms with Crippen LogP contribution in [-0.2, 0) is 20.9 Å². The van der Waals surface area contributed by atoms with Crippen LogP contribution in [0.15, 0.2) is 78.9 Å². The molecule has 0 spiro atoms. The van der Waals surface area contributed by atoms with E-state index >= 15 is 0 Å². The average molecular weight is 625 g/mol. The fourth-order valence-electron chi connectivity index (χ4n) is 4.45. The Morgan fingerprint density at radius 2 is 1.72 bits per heavy atom. The van der Waals surface area contributed by atoms with Crippen LogP contribution >= 0.6 is 23.2 Å². The third-order valence-corrected chi connectivity index (χ3v) is 7.32. The van der Waals surface area contributed by atoms with Crippen LogP contribution in [0.1, 0.15) is 38.3 Å². The van der Waals surface area contributed by atoms with Gasteiger partial charge in [0.2, 0.25) is 5.91 Å². The molecule has 3 amide bonds. The molecule has 4 rings (SSSR count). The maximum atomic E-state index is 13.4. The van der Waals surface area contributed by atoms with Crippen LogP contribution in [0.4, 0.5) is 10.5 Å². The van der Waals surface area contributed by atoms with Crippen molar-refractivity contribution in [2.75, 3.05) is 24.5 Å². The summed E-state index contributed by atoms with van der Waals surface area (Å²) in [6, 6.07) is 21.5. The molecule has 0 radical (unpaired) electrons. The van der Waals surface area contributed by atoms with Crippen molar-refractivity contribution < 1.29 is 23.9 Å². The molecular formula is C33H35Cl2N3O5. The Bertz CT molecular complexity index is 1460. The van der Waals surface area contributed by atoms with Gasteiger partial charge in [0.15, 0.2) is 0 Å². The van der Waals surface area contributed by atoms with Gasteiger partial charge in [-0.05, 0) is 80.8 Å². The number of nitrogens with one attached hydrogen (secondary N) is 1. The molecule has 10 heteroatoms. The molecule has 8 nitrogen and oxygen atoms in total. The number of anilines is 1. The topological polar surface area (TPSA) is 88.2 Å². The number of carbonyl (C=O) groups is 3. The van der Waals surface area contributed by atoms with Crippen LogP contribution in [0.5, 0.6) is 5.75 Å². The minimum atomic E-state index is -0.615. The zero-order valence-electron chi connectivity index (χ0n) is 24.4. The van der Waals surface area contributed by atoms with Crippen LogP contribution in [0, 0.1) is 0 Å². The Kier molecular flexibility index (Phi) is 10.7. The monoisotopic (exact) mass is 623 g/mol. The van der Waals surface area contributed by atoms with Gasteiger partial charge in [0.25, 0.3) is 5.91 Å². The average Bonchev–Trinajstić information content (AvgIpc) is 3.43. The van der Waals surface area contributed by atoms with Gasteiger partial charge in [0, 0.05) is 24.9 Å². The first-order valence-electron chi connectivity index (χ1n) is 14.0. The summed E-state index contributed by atoms with van der Waals surface area (Å²) in [6.07, 6.45) is 3.24. The van der Waals surface area contributed by atoms with Crippen molar-refractivity contribution in [3.8, 4) is 5.75 Å². The molecule has 1 N–H and O–H groups in total. The first kappa shape index (κ1) is 31.9. The number of benzene rings is 3. The predicted molar refractivity (Wildman–Crippen MR) is 169 cm³/mol. The molecule has 1 fully saturated rings. The number of hydrogen-bond acceptors (Lipinski definition) is 5. The van der Waals surface area contributed by atoms with Crippen LogP contribution in [-0.4, -0.2) is 54.1 Å².